The van der Waals surface area contributed by atoms with Gasteiger partial charge in [0.2, 0.25) is 5.54 Å². The number of carboxylic acid groups (broad SMARTS) is 1. The molecule has 5 N–H and O–H groups in total. The molecule has 0 spiro atoms. The lowest BCUT2D eigenvalue weighted by molar-refractivity contribution is -0.169. The molecular formula is C15H22N2O4. The van der Waals surface area contributed by atoms with Gasteiger partial charge in [-0.25, -0.2) is 9.59 Å². The van der Waals surface area contributed by atoms with Crippen LogP contribution in [0.3, 0.4) is 0 Å². The van der Waals surface area contributed by atoms with Crippen molar-refractivity contribution in [1.29, 1.82) is 0 Å². The van der Waals surface area contributed by atoms with E-state index in [1.807, 2.05) is 0 Å². The highest BCUT2D eigenvalue weighted by molar-refractivity contribution is 6.04. The van der Waals surface area contributed by atoms with E-state index < -0.39 is 23.1 Å². The number of carboxylic acids is 1. The van der Waals surface area contributed by atoms with Crippen LogP contribution < -0.4 is 11.5 Å². The van der Waals surface area contributed by atoms with E-state index >= 15 is 0 Å². The molecule has 0 saturated heterocycles. The zero-order valence-electron chi connectivity index (χ0n) is 12.6. The van der Waals surface area contributed by atoms with Gasteiger partial charge in [-0.15, -0.1) is 0 Å². The van der Waals surface area contributed by atoms with Gasteiger partial charge in [-0.2, -0.15) is 0 Å². The van der Waals surface area contributed by atoms with Crippen LogP contribution in [0, 0.1) is 0 Å². The number of esters is 1. The Hall–Kier alpha value is -1.92. The maximum atomic E-state index is 12.1. The average molecular weight is 294 g/mol. The molecule has 21 heavy (non-hydrogen) atoms. The van der Waals surface area contributed by atoms with Crippen LogP contribution in [0.25, 0.3) is 0 Å². The van der Waals surface area contributed by atoms with Crippen LogP contribution in [-0.2, 0) is 27.3 Å². The minimum atomic E-state index is -2.11. The topological polar surface area (TPSA) is 116 Å². The standard InChI is InChI=1S/C15H22N2O4/c1-14(2,3)21-13(20)15(17,12(18)19)8-10-4-6-11(9-16)7-5-10/h4-7H,8-9,16-17H2,1-3H3,(H,18,19). The second kappa shape index (κ2) is 6.24. The quantitative estimate of drug-likeness (QED) is 0.547. The molecule has 0 aromatic heterocycles. The first-order valence-corrected chi connectivity index (χ1v) is 6.62. The van der Waals surface area contributed by atoms with Gasteiger partial charge in [-0.05, 0) is 31.9 Å². The molecule has 0 radical (unpaired) electrons. The molecule has 0 aliphatic heterocycles. The highest BCUT2D eigenvalue weighted by atomic mass is 16.6. The Balaban J connectivity index is 2.99. The third kappa shape index (κ3) is 4.54. The monoisotopic (exact) mass is 294 g/mol. The summed E-state index contributed by atoms with van der Waals surface area (Å²) in [6, 6.07) is 6.95. The van der Waals surface area contributed by atoms with Gasteiger partial charge in [0.25, 0.3) is 0 Å². The predicted molar refractivity (Wildman–Crippen MR) is 78.4 cm³/mol. The Morgan fingerprint density at radius 1 is 1.14 bits per heavy atom. The number of aliphatic carboxylic acids is 1. The van der Waals surface area contributed by atoms with Crippen LogP contribution >= 0.6 is 0 Å². The summed E-state index contributed by atoms with van der Waals surface area (Å²) in [5.74, 6) is -2.37. The molecule has 0 bridgehead atoms. The SMILES string of the molecule is CC(C)(C)OC(=O)C(N)(Cc1ccc(CN)cc1)C(=O)O. The molecular weight excluding hydrogens is 272 g/mol. The van der Waals surface area contributed by atoms with Crippen molar-refractivity contribution in [2.75, 3.05) is 0 Å². The van der Waals surface area contributed by atoms with Crippen molar-refractivity contribution in [3.63, 3.8) is 0 Å². The molecule has 1 aromatic rings. The van der Waals surface area contributed by atoms with Crippen LogP contribution in [0.1, 0.15) is 31.9 Å². The average Bonchev–Trinajstić information content (AvgIpc) is 2.37. The van der Waals surface area contributed by atoms with Gasteiger partial charge < -0.3 is 21.3 Å². The third-order valence-electron chi connectivity index (χ3n) is 2.89. The van der Waals surface area contributed by atoms with E-state index in [-0.39, 0.29) is 6.42 Å². The van der Waals surface area contributed by atoms with Crippen LogP contribution in [0.5, 0.6) is 0 Å². The van der Waals surface area contributed by atoms with Crippen LogP contribution in [0.15, 0.2) is 24.3 Å². The van der Waals surface area contributed by atoms with E-state index in [4.69, 9.17) is 16.2 Å². The Kier molecular flexibility index (Phi) is 5.09. The molecule has 6 nitrogen and oxygen atoms in total. The number of benzene rings is 1. The fraction of sp³-hybridized carbons (Fsp3) is 0.467. The van der Waals surface area contributed by atoms with Crippen LogP contribution in [-0.4, -0.2) is 28.2 Å². The largest absolute Gasteiger partial charge is 0.479 e. The summed E-state index contributed by atoms with van der Waals surface area (Å²) in [4.78, 5) is 23.5. The fourth-order valence-electron chi connectivity index (χ4n) is 1.72. The van der Waals surface area contributed by atoms with E-state index in [1.54, 1.807) is 45.0 Å². The molecule has 0 heterocycles. The minimum Gasteiger partial charge on any atom is -0.479 e. The van der Waals surface area contributed by atoms with Gasteiger partial charge >= 0.3 is 11.9 Å². The summed E-state index contributed by atoms with van der Waals surface area (Å²) < 4.78 is 5.12. The number of ether oxygens (including phenoxy) is 1. The molecule has 1 rings (SSSR count). The van der Waals surface area contributed by atoms with Crippen molar-refractivity contribution < 1.29 is 19.4 Å². The highest BCUT2D eigenvalue weighted by Gasteiger charge is 2.45. The lowest BCUT2D eigenvalue weighted by atomic mass is 9.91. The molecule has 0 aliphatic rings. The molecule has 1 unspecified atom stereocenters. The van der Waals surface area contributed by atoms with Crippen molar-refractivity contribution in [1.82, 2.24) is 0 Å². The number of hydrogen-bond acceptors (Lipinski definition) is 5. The van der Waals surface area contributed by atoms with Crippen LogP contribution in [0.2, 0.25) is 0 Å². The molecule has 0 saturated carbocycles. The first kappa shape index (κ1) is 17.1. The van der Waals surface area contributed by atoms with Gasteiger partial charge in [-0.3, -0.25) is 0 Å². The molecule has 0 fully saturated rings. The fourth-order valence-corrected chi connectivity index (χ4v) is 1.72. The highest BCUT2D eigenvalue weighted by Crippen LogP contribution is 2.18. The molecule has 0 aliphatic carbocycles. The lowest BCUT2D eigenvalue weighted by Gasteiger charge is -2.28. The van der Waals surface area contributed by atoms with Gasteiger partial charge in [0.1, 0.15) is 5.60 Å². The van der Waals surface area contributed by atoms with Crippen molar-refractivity contribution in [2.45, 2.75) is 44.9 Å². The molecule has 116 valence electrons. The summed E-state index contributed by atoms with van der Waals surface area (Å²) in [5.41, 5.74) is 9.92. The smallest absolute Gasteiger partial charge is 0.338 e. The maximum absolute atomic E-state index is 12.1. The zero-order valence-corrected chi connectivity index (χ0v) is 12.6. The predicted octanol–water partition coefficient (Wildman–Crippen LogP) is 0.812. The number of hydrogen-bond donors (Lipinski definition) is 3. The van der Waals surface area contributed by atoms with Crippen LogP contribution in [0.4, 0.5) is 0 Å². The van der Waals surface area contributed by atoms with Crippen molar-refractivity contribution in [3.8, 4) is 0 Å². The number of rotatable bonds is 5. The summed E-state index contributed by atoms with van der Waals surface area (Å²) in [7, 11) is 0. The first-order valence-electron chi connectivity index (χ1n) is 6.62. The van der Waals surface area contributed by atoms with E-state index in [9.17, 15) is 14.7 Å². The second-order valence-corrected chi connectivity index (χ2v) is 5.98. The van der Waals surface area contributed by atoms with E-state index in [0.29, 0.717) is 12.1 Å². The Morgan fingerprint density at radius 2 is 1.62 bits per heavy atom. The van der Waals surface area contributed by atoms with E-state index in [0.717, 1.165) is 5.56 Å². The number of carbonyl (C=O) groups is 2. The first-order chi connectivity index (χ1) is 9.58. The third-order valence-corrected chi connectivity index (χ3v) is 2.89. The molecule has 0 amide bonds. The normalized spacial score (nSPS) is 14.3. The molecule has 1 atom stereocenters. The molecule has 1 aromatic carbocycles. The zero-order chi connectivity index (χ0) is 16.3. The van der Waals surface area contributed by atoms with Gasteiger partial charge in [0, 0.05) is 13.0 Å². The summed E-state index contributed by atoms with van der Waals surface area (Å²) >= 11 is 0. The van der Waals surface area contributed by atoms with Gasteiger partial charge in [0.15, 0.2) is 0 Å². The Labute approximate surface area is 124 Å². The Morgan fingerprint density at radius 3 is 2.00 bits per heavy atom. The lowest BCUT2D eigenvalue weighted by Crippen LogP contribution is -2.58. The summed E-state index contributed by atoms with van der Waals surface area (Å²) in [6.45, 7) is 5.36. The second-order valence-electron chi connectivity index (χ2n) is 5.98. The molecule has 6 heteroatoms. The van der Waals surface area contributed by atoms with Crippen molar-refractivity contribution >= 4 is 11.9 Å². The van der Waals surface area contributed by atoms with Gasteiger partial charge in [0.05, 0.1) is 0 Å². The Bertz CT molecular complexity index is 519. The maximum Gasteiger partial charge on any atom is 0.338 e. The van der Waals surface area contributed by atoms with Crippen molar-refractivity contribution in [2.24, 2.45) is 11.5 Å². The number of carbonyl (C=O) groups excluding carboxylic acids is 1. The van der Waals surface area contributed by atoms with Gasteiger partial charge in [-0.1, -0.05) is 24.3 Å². The van der Waals surface area contributed by atoms with E-state index in [1.165, 1.54) is 0 Å². The van der Waals surface area contributed by atoms with Crippen molar-refractivity contribution in [3.05, 3.63) is 35.4 Å². The summed E-state index contributed by atoms with van der Waals surface area (Å²) in [6.07, 6.45) is -0.151. The number of nitrogens with two attached hydrogens (primary N) is 2. The minimum absolute atomic E-state index is 0.151. The van der Waals surface area contributed by atoms with E-state index in [2.05, 4.69) is 0 Å². The summed E-state index contributed by atoms with van der Waals surface area (Å²) in [5, 5.41) is 9.32.